The Bertz CT molecular complexity index is 988. The van der Waals surface area contributed by atoms with Gasteiger partial charge in [0.2, 0.25) is 5.91 Å². The average molecular weight is 413 g/mol. The zero-order valence-corrected chi connectivity index (χ0v) is 18.2. The van der Waals surface area contributed by atoms with Crippen molar-refractivity contribution in [3.05, 3.63) is 34.6 Å². The van der Waals surface area contributed by atoms with Crippen molar-refractivity contribution in [2.75, 3.05) is 12.8 Å². The SMILES string of the molecule is CC[C@@H](C)n1c(SCC(=O)N(C)C2(C#N)CCCCC2)nc2ccccc2c1=O. The minimum absolute atomic E-state index is 0.0151. The molecule has 6 nitrogen and oxygen atoms in total. The minimum atomic E-state index is -0.705. The highest BCUT2D eigenvalue weighted by atomic mass is 32.2. The molecule has 0 aliphatic heterocycles. The largest absolute Gasteiger partial charge is 0.326 e. The lowest BCUT2D eigenvalue weighted by Crippen LogP contribution is -2.50. The number of nitrogens with zero attached hydrogens (tertiary/aromatic N) is 4. The first-order valence-corrected chi connectivity index (χ1v) is 11.2. The number of thioether (sulfide) groups is 1. The van der Waals surface area contributed by atoms with Crippen LogP contribution in [-0.2, 0) is 4.79 Å². The van der Waals surface area contributed by atoms with Gasteiger partial charge in [0.25, 0.3) is 5.56 Å². The molecule has 0 unspecified atom stereocenters. The van der Waals surface area contributed by atoms with Crippen molar-refractivity contribution in [2.45, 2.75) is 69.1 Å². The maximum Gasteiger partial charge on any atom is 0.262 e. The summed E-state index contributed by atoms with van der Waals surface area (Å²) in [5, 5.41) is 10.9. The Kier molecular flexibility index (Phi) is 6.63. The van der Waals surface area contributed by atoms with Crippen LogP contribution in [0.25, 0.3) is 10.9 Å². The number of nitriles is 1. The molecule has 0 bridgehead atoms. The van der Waals surface area contributed by atoms with Gasteiger partial charge in [-0.15, -0.1) is 0 Å². The van der Waals surface area contributed by atoms with Crippen LogP contribution in [0.3, 0.4) is 0 Å². The van der Waals surface area contributed by atoms with Crippen molar-refractivity contribution in [1.82, 2.24) is 14.5 Å². The molecule has 0 saturated heterocycles. The van der Waals surface area contributed by atoms with Gasteiger partial charge in [0, 0.05) is 13.1 Å². The molecule has 0 N–H and O–H groups in total. The number of hydrogen-bond acceptors (Lipinski definition) is 5. The summed E-state index contributed by atoms with van der Waals surface area (Å²) in [6.45, 7) is 4.02. The van der Waals surface area contributed by atoms with E-state index in [1.54, 1.807) is 22.6 Å². The van der Waals surface area contributed by atoms with Crippen molar-refractivity contribution >= 4 is 28.6 Å². The number of para-hydroxylation sites is 1. The van der Waals surface area contributed by atoms with E-state index in [2.05, 4.69) is 11.1 Å². The smallest absolute Gasteiger partial charge is 0.262 e. The highest BCUT2D eigenvalue weighted by Crippen LogP contribution is 2.33. The number of benzene rings is 1. The van der Waals surface area contributed by atoms with E-state index in [4.69, 9.17) is 0 Å². The van der Waals surface area contributed by atoms with E-state index in [1.807, 2.05) is 32.0 Å². The number of amides is 1. The quantitative estimate of drug-likeness (QED) is 0.526. The van der Waals surface area contributed by atoms with E-state index in [1.165, 1.54) is 11.8 Å². The molecule has 1 aliphatic carbocycles. The summed E-state index contributed by atoms with van der Waals surface area (Å²) in [5.74, 6) is 0.0535. The van der Waals surface area contributed by atoms with Gasteiger partial charge in [-0.3, -0.25) is 14.2 Å². The van der Waals surface area contributed by atoms with Crippen molar-refractivity contribution in [3.63, 3.8) is 0 Å². The van der Waals surface area contributed by atoms with E-state index >= 15 is 0 Å². The zero-order valence-electron chi connectivity index (χ0n) is 17.4. The van der Waals surface area contributed by atoms with Gasteiger partial charge in [-0.25, -0.2) is 4.98 Å². The van der Waals surface area contributed by atoms with Gasteiger partial charge in [0.15, 0.2) is 5.16 Å². The van der Waals surface area contributed by atoms with Crippen molar-refractivity contribution < 1.29 is 4.79 Å². The zero-order chi connectivity index (χ0) is 21.0. The molecule has 0 spiro atoms. The van der Waals surface area contributed by atoms with Crippen LogP contribution in [-0.4, -0.2) is 38.7 Å². The van der Waals surface area contributed by atoms with Crippen LogP contribution < -0.4 is 5.56 Å². The monoisotopic (exact) mass is 412 g/mol. The molecule has 1 aromatic carbocycles. The molecule has 1 aromatic heterocycles. The number of aromatic nitrogens is 2. The van der Waals surface area contributed by atoms with Gasteiger partial charge in [-0.1, -0.05) is 50.1 Å². The lowest BCUT2D eigenvalue weighted by atomic mass is 9.81. The van der Waals surface area contributed by atoms with Crippen LogP contribution in [0.2, 0.25) is 0 Å². The maximum absolute atomic E-state index is 13.0. The fraction of sp³-hybridized carbons (Fsp3) is 0.545. The first kappa shape index (κ1) is 21.4. The predicted molar refractivity (Wildman–Crippen MR) is 116 cm³/mol. The molecule has 154 valence electrons. The summed E-state index contributed by atoms with van der Waals surface area (Å²) in [7, 11) is 1.73. The summed E-state index contributed by atoms with van der Waals surface area (Å²) < 4.78 is 1.70. The Balaban J connectivity index is 1.87. The Labute approximate surface area is 175 Å². The normalized spacial score (nSPS) is 16.9. The summed E-state index contributed by atoms with van der Waals surface area (Å²) in [6, 6.07) is 9.68. The lowest BCUT2D eigenvalue weighted by molar-refractivity contribution is -0.131. The Morgan fingerprint density at radius 1 is 1.34 bits per heavy atom. The van der Waals surface area contributed by atoms with Crippen LogP contribution in [0, 0.1) is 11.3 Å². The third-order valence-electron chi connectivity index (χ3n) is 6.04. The summed E-state index contributed by atoms with van der Waals surface area (Å²) in [4.78, 5) is 32.3. The highest BCUT2D eigenvalue weighted by Gasteiger charge is 2.38. The number of rotatable bonds is 6. The molecule has 1 fully saturated rings. The molecule has 29 heavy (non-hydrogen) atoms. The Morgan fingerprint density at radius 3 is 2.69 bits per heavy atom. The molecule has 1 heterocycles. The third-order valence-corrected chi connectivity index (χ3v) is 6.97. The second kappa shape index (κ2) is 9.00. The van der Waals surface area contributed by atoms with E-state index < -0.39 is 5.54 Å². The second-order valence-electron chi connectivity index (χ2n) is 7.79. The molecular formula is C22H28N4O2S. The van der Waals surface area contributed by atoms with Gasteiger partial charge >= 0.3 is 0 Å². The van der Waals surface area contributed by atoms with E-state index in [0.29, 0.717) is 16.1 Å². The molecule has 1 saturated carbocycles. The molecule has 0 radical (unpaired) electrons. The number of hydrogen-bond donors (Lipinski definition) is 0. The highest BCUT2D eigenvalue weighted by molar-refractivity contribution is 7.99. The van der Waals surface area contributed by atoms with Crippen LogP contribution in [0.4, 0.5) is 0 Å². The molecule has 1 amide bonds. The molecule has 7 heteroatoms. The molecule has 1 aliphatic rings. The van der Waals surface area contributed by atoms with E-state index in [-0.39, 0.29) is 23.3 Å². The van der Waals surface area contributed by atoms with Gasteiger partial charge in [-0.2, -0.15) is 5.26 Å². The van der Waals surface area contributed by atoms with E-state index in [0.717, 1.165) is 38.5 Å². The topological polar surface area (TPSA) is 79.0 Å². The fourth-order valence-corrected chi connectivity index (χ4v) is 4.93. The number of fused-ring (bicyclic) bond motifs is 1. The van der Waals surface area contributed by atoms with Crippen molar-refractivity contribution in [1.29, 1.82) is 5.26 Å². The number of carbonyl (C=O) groups is 1. The predicted octanol–water partition coefficient (Wildman–Crippen LogP) is 4.14. The summed E-state index contributed by atoms with van der Waals surface area (Å²) in [5.41, 5.74) is -0.140. The summed E-state index contributed by atoms with van der Waals surface area (Å²) >= 11 is 1.28. The number of carbonyl (C=O) groups excluding carboxylic acids is 1. The van der Waals surface area contributed by atoms with Gasteiger partial charge < -0.3 is 4.90 Å². The molecule has 3 rings (SSSR count). The molecular weight excluding hydrogens is 384 g/mol. The standard InChI is InChI=1S/C22H28N4O2S/c1-4-16(2)26-20(28)17-10-6-7-11-18(17)24-21(26)29-14-19(27)25(3)22(15-23)12-8-5-9-13-22/h6-7,10-11,16H,4-5,8-9,12-14H2,1-3H3/t16-/m1/s1. The second-order valence-corrected chi connectivity index (χ2v) is 8.73. The molecule has 1 atom stereocenters. The van der Waals surface area contributed by atoms with Crippen LogP contribution in [0.1, 0.15) is 58.4 Å². The van der Waals surface area contributed by atoms with Gasteiger partial charge in [0.05, 0.1) is 22.7 Å². The van der Waals surface area contributed by atoms with E-state index in [9.17, 15) is 14.9 Å². The lowest BCUT2D eigenvalue weighted by Gasteiger charge is -2.39. The minimum Gasteiger partial charge on any atom is -0.326 e. The van der Waals surface area contributed by atoms with Crippen LogP contribution in [0.5, 0.6) is 0 Å². The Hall–Kier alpha value is -2.33. The van der Waals surface area contributed by atoms with Gasteiger partial charge in [-0.05, 0) is 38.3 Å². The van der Waals surface area contributed by atoms with Crippen LogP contribution >= 0.6 is 11.8 Å². The fourth-order valence-electron chi connectivity index (χ4n) is 3.92. The summed E-state index contributed by atoms with van der Waals surface area (Å²) in [6.07, 6.45) is 5.29. The van der Waals surface area contributed by atoms with Crippen molar-refractivity contribution in [3.8, 4) is 6.07 Å². The first-order chi connectivity index (χ1) is 13.9. The average Bonchev–Trinajstić information content (AvgIpc) is 2.77. The maximum atomic E-state index is 13.0. The van der Waals surface area contributed by atoms with Gasteiger partial charge in [0.1, 0.15) is 5.54 Å². The first-order valence-electron chi connectivity index (χ1n) is 10.3. The Morgan fingerprint density at radius 2 is 2.03 bits per heavy atom. The van der Waals surface area contributed by atoms with Crippen LogP contribution in [0.15, 0.2) is 34.2 Å². The molecule has 2 aromatic rings. The van der Waals surface area contributed by atoms with Crippen molar-refractivity contribution in [2.24, 2.45) is 0 Å². The third kappa shape index (κ3) is 4.18.